The van der Waals surface area contributed by atoms with Crippen molar-refractivity contribution in [1.29, 1.82) is 5.26 Å². The molecule has 4 nitrogen and oxygen atoms in total. The zero-order valence-corrected chi connectivity index (χ0v) is 9.84. The van der Waals surface area contributed by atoms with Crippen molar-refractivity contribution in [3.63, 3.8) is 0 Å². The van der Waals surface area contributed by atoms with E-state index in [2.05, 4.69) is 10.3 Å². The van der Waals surface area contributed by atoms with Crippen molar-refractivity contribution in [2.24, 2.45) is 0 Å². The Labute approximate surface area is 105 Å². The molecule has 0 saturated heterocycles. The fourth-order valence-corrected chi connectivity index (χ4v) is 1.53. The fourth-order valence-electron chi connectivity index (χ4n) is 1.53. The third-order valence-electron chi connectivity index (χ3n) is 2.52. The molecule has 0 aliphatic rings. The summed E-state index contributed by atoms with van der Waals surface area (Å²) in [4.78, 5) is 15.8. The van der Waals surface area contributed by atoms with Crippen LogP contribution in [0.3, 0.4) is 0 Å². The number of nitriles is 1. The maximum absolute atomic E-state index is 12.0. The lowest BCUT2D eigenvalue weighted by molar-refractivity contribution is 0.102. The predicted octanol–water partition coefficient (Wildman–Crippen LogP) is 2.51. The smallest absolute Gasteiger partial charge is 0.257 e. The molecular formula is C14H11N3O. The second-order valence-electron chi connectivity index (χ2n) is 3.84. The first-order valence-corrected chi connectivity index (χ1v) is 5.43. The number of rotatable bonds is 2. The monoisotopic (exact) mass is 237 g/mol. The summed E-state index contributed by atoms with van der Waals surface area (Å²) < 4.78 is 0. The molecule has 1 N–H and O–H groups in total. The minimum Gasteiger partial charge on any atom is -0.322 e. The topological polar surface area (TPSA) is 65.8 Å². The van der Waals surface area contributed by atoms with E-state index in [0.29, 0.717) is 11.1 Å². The maximum atomic E-state index is 12.0. The van der Waals surface area contributed by atoms with Crippen LogP contribution in [0.1, 0.15) is 21.5 Å². The third kappa shape index (κ3) is 2.53. The molecule has 0 radical (unpaired) electrons. The lowest BCUT2D eigenvalue weighted by Gasteiger charge is -2.07. The first-order valence-electron chi connectivity index (χ1n) is 5.43. The quantitative estimate of drug-likeness (QED) is 0.872. The van der Waals surface area contributed by atoms with Gasteiger partial charge in [-0.15, -0.1) is 0 Å². The van der Waals surface area contributed by atoms with Gasteiger partial charge in [-0.1, -0.05) is 18.2 Å². The van der Waals surface area contributed by atoms with Crippen LogP contribution in [0.15, 0.2) is 42.7 Å². The Kier molecular flexibility index (Phi) is 3.35. The summed E-state index contributed by atoms with van der Waals surface area (Å²) in [6.07, 6.45) is 2.86. The molecule has 2 rings (SSSR count). The summed E-state index contributed by atoms with van der Waals surface area (Å²) in [5.41, 5.74) is 2.48. The van der Waals surface area contributed by atoms with E-state index >= 15 is 0 Å². The normalized spacial score (nSPS) is 9.56. The highest BCUT2D eigenvalue weighted by atomic mass is 16.1. The maximum Gasteiger partial charge on any atom is 0.257 e. The minimum absolute atomic E-state index is 0.270. The Balaban J connectivity index is 2.23. The molecule has 0 atom stereocenters. The van der Waals surface area contributed by atoms with Gasteiger partial charge in [0.2, 0.25) is 0 Å². The van der Waals surface area contributed by atoms with Gasteiger partial charge in [-0.3, -0.25) is 9.78 Å². The van der Waals surface area contributed by atoms with Gasteiger partial charge in [0, 0.05) is 18.1 Å². The van der Waals surface area contributed by atoms with Gasteiger partial charge in [0.05, 0.1) is 11.1 Å². The summed E-state index contributed by atoms with van der Waals surface area (Å²) in [5.74, 6) is -0.270. The molecule has 0 spiro atoms. The van der Waals surface area contributed by atoms with Gasteiger partial charge in [-0.25, -0.2) is 0 Å². The Morgan fingerprint density at radius 2 is 2.11 bits per heavy atom. The number of para-hydroxylation sites is 1. The van der Waals surface area contributed by atoms with Crippen LogP contribution in [0.2, 0.25) is 0 Å². The first kappa shape index (κ1) is 11.8. The van der Waals surface area contributed by atoms with E-state index in [1.165, 1.54) is 18.5 Å². The summed E-state index contributed by atoms with van der Waals surface area (Å²) in [5, 5.41) is 11.5. The summed E-state index contributed by atoms with van der Waals surface area (Å²) in [7, 11) is 0. The minimum atomic E-state index is -0.270. The summed E-state index contributed by atoms with van der Waals surface area (Å²) in [6.45, 7) is 1.92. The molecule has 0 bridgehead atoms. The zero-order chi connectivity index (χ0) is 13.0. The zero-order valence-electron chi connectivity index (χ0n) is 9.84. The van der Waals surface area contributed by atoms with E-state index in [-0.39, 0.29) is 5.91 Å². The van der Waals surface area contributed by atoms with Crippen molar-refractivity contribution in [1.82, 2.24) is 4.98 Å². The number of benzene rings is 1. The fraction of sp³-hybridized carbons (Fsp3) is 0.0714. The molecule has 18 heavy (non-hydrogen) atoms. The number of hydrogen-bond donors (Lipinski definition) is 1. The number of nitrogens with zero attached hydrogens (tertiary/aromatic N) is 2. The van der Waals surface area contributed by atoms with Gasteiger partial charge >= 0.3 is 0 Å². The van der Waals surface area contributed by atoms with Crippen LogP contribution in [0.5, 0.6) is 0 Å². The van der Waals surface area contributed by atoms with Crippen LogP contribution in [0.4, 0.5) is 5.69 Å². The number of hydrogen-bond acceptors (Lipinski definition) is 3. The molecule has 1 amide bonds. The number of aromatic nitrogens is 1. The van der Waals surface area contributed by atoms with E-state index in [4.69, 9.17) is 5.26 Å². The van der Waals surface area contributed by atoms with Crippen molar-refractivity contribution < 1.29 is 4.79 Å². The third-order valence-corrected chi connectivity index (χ3v) is 2.52. The lowest BCUT2D eigenvalue weighted by atomic mass is 10.1. The molecule has 0 aliphatic heterocycles. The number of nitrogens with one attached hydrogen (secondary N) is 1. The highest BCUT2D eigenvalue weighted by Gasteiger charge is 2.08. The van der Waals surface area contributed by atoms with E-state index in [9.17, 15) is 4.79 Å². The van der Waals surface area contributed by atoms with Crippen LogP contribution in [0, 0.1) is 18.3 Å². The number of carbonyl (C=O) groups is 1. The molecule has 4 heteroatoms. The number of carbonyl (C=O) groups excluding carboxylic acids is 1. The molecule has 0 saturated carbocycles. The van der Waals surface area contributed by atoms with Crippen LogP contribution in [-0.2, 0) is 0 Å². The van der Waals surface area contributed by atoms with E-state index in [0.717, 1.165) is 11.3 Å². The molecule has 1 heterocycles. The Hall–Kier alpha value is -2.67. The SMILES string of the molecule is Cc1ccccc1NC(=O)c1cncc(C#N)c1. The standard InChI is InChI=1S/C14H11N3O/c1-10-4-2-3-5-13(10)17-14(18)12-6-11(7-15)8-16-9-12/h2-6,8-9H,1H3,(H,17,18). The number of anilines is 1. The van der Waals surface area contributed by atoms with E-state index in [1.54, 1.807) is 0 Å². The van der Waals surface area contributed by atoms with Gasteiger partial charge in [-0.2, -0.15) is 5.26 Å². The number of pyridine rings is 1. The average molecular weight is 237 g/mol. The average Bonchev–Trinajstić information content (AvgIpc) is 2.41. The first-order chi connectivity index (χ1) is 8.70. The second kappa shape index (κ2) is 5.11. The van der Waals surface area contributed by atoms with Gasteiger partial charge in [0.25, 0.3) is 5.91 Å². The summed E-state index contributed by atoms with van der Waals surface area (Å²) >= 11 is 0. The van der Waals surface area contributed by atoms with Crippen LogP contribution >= 0.6 is 0 Å². The molecular weight excluding hydrogens is 226 g/mol. The van der Waals surface area contributed by atoms with E-state index < -0.39 is 0 Å². The van der Waals surface area contributed by atoms with Crippen LogP contribution in [-0.4, -0.2) is 10.9 Å². The van der Waals surface area contributed by atoms with Crippen molar-refractivity contribution in [2.75, 3.05) is 5.32 Å². The van der Waals surface area contributed by atoms with Gasteiger partial charge in [0.1, 0.15) is 6.07 Å². The molecule has 1 aromatic carbocycles. The van der Waals surface area contributed by atoms with Crippen molar-refractivity contribution >= 4 is 11.6 Å². The van der Waals surface area contributed by atoms with Gasteiger partial charge in [0.15, 0.2) is 0 Å². The molecule has 0 aliphatic carbocycles. The molecule has 0 unspecified atom stereocenters. The van der Waals surface area contributed by atoms with Crippen molar-refractivity contribution in [2.45, 2.75) is 6.92 Å². The molecule has 1 aromatic heterocycles. The number of amides is 1. The Morgan fingerprint density at radius 1 is 1.33 bits per heavy atom. The summed E-state index contributed by atoms with van der Waals surface area (Å²) in [6, 6.07) is 11.0. The number of aryl methyl sites for hydroxylation is 1. The Morgan fingerprint density at radius 3 is 2.83 bits per heavy atom. The highest BCUT2D eigenvalue weighted by Crippen LogP contribution is 2.14. The van der Waals surface area contributed by atoms with Gasteiger partial charge < -0.3 is 5.32 Å². The highest BCUT2D eigenvalue weighted by molar-refractivity contribution is 6.04. The van der Waals surface area contributed by atoms with Crippen LogP contribution < -0.4 is 5.32 Å². The largest absolute Gasteiger partial charge is 0.322 e. The van der Waals surface area contributed by atoms with Crippen molar-refractivity contribution in [3.8, 4) is 6.07 Å². The Bertz CT molecular complexity index is 629. The molecule has 2 aromatic rings. The predicted molar refractivity (Wildman–Crippen MR) is 68.1 cm³/mol. The van der Waals surface area contributed by atoms with Crippen molar-refractivity contribution in [3.05, 3.63) is 59.4 Å². The molecule has 88 valence electrons. The molecule has 0 fully saturated rings. The lowest BCUT2D eigenvalue weighted by Crippen LogP contribution is -2.13. The van der Waals surface area contributed by atoms with Crippen LogP contribution in [0.25, 0.3) is 0 Å². The van der Waals surface area contributed by atoms with Gasteiger partial charge in [-0.05, 0) is 24.6 Å². The second-order valence-corrected chi connectivity index (χ2v) is 3.84. The van der Waals surface area contributed by atoms with E-state index in [1.807, 2.05) is 37.3 Å².